The van der Waals surface area contributed by atoms with Gasteiger partial charge in [0.25, 0.3) is 0 Å². The van der Waals surface area contributed by atoms with Crippen LogP contribution in [0.2, 0.25) is 0 Å². The fourth-order valence-electron chi connectivity index (χ4n) is 1.23. The Balaban J connectivity index is 2.44. The Bertz CT molecular complexity index is 120. The second-order valence-corrected chi connectivity index (χ2v) is 2.95. The molecule has 0 bridgehead atoms. The molecule has 10 heavy (non-hydrogen) atoms. The fourth-order valence-corrected chi connectivity index (χ4v) is 1.23. The Hall–Kier alpha value is -0.340. The van der Waals surface area contributed by atoms with E-state index in [0.29, 0.717) is 0 Å². The van der Waals surface area contributed by atoms with Crippen LogP contribution in [0.3, 0.4) is 0 Å². The predicted octanol–water partition coefficient (Wildman–Crippen LogP) is 0.771. The molecule has 1 aliphatic rings. The van der Waals surface area contributed by atoms with E-state index in [2.05, 4.69) is 6.08 Å². The molecule has 4 N–H and O–H groups in total. The first kappa shape index (κ1) is 7.76. The third kappa shape index (κ3) is 2.12. The van der Waals surface area contributed by atoms with Crippen LogP contribution in [0.25, 0.3) is 0 Å². The highest BCUT2D eigenvalue weighted by molar-refractivity contribution is 4.98. The molecule has 2 atom stereocenters. The summed E-state index contributed by atoms with van der Waals surface area (Å²) in [5.41, 5.74) is 11.5. The van der Waals surface area contributed by atoms with E-state index in [0.717, 1.165) is 6.42 Å². The minimum atomic E-state index is 0.0836. The highest BCUT2D eigenvalue weighted by Crippen LogP contribution is 2.09. The summed E-state index contributed by atoms with van der Waals surface area (Å²) in [5.74, 6) is 0. The Morgan fingerprint density at radius 2 is 2.00 bits per heavy atom. The van der Waals surface area contributed by atoms with Crippen LogP contribution in [0.1, 0.15) is 25.7 Å². The maximum atomic E-state index is 5.77. The highest BCUT2D eigenvalue weighted by atomic mass is 14.8. The van der Waals surface area contributed by atoms with E-state index >= 15 is 0 Å². The van der Waals surface area contributed by atoms with Gasteiger partial charge in [-0.1, -0.05) is 18.6 Å². The van der Waals surface area contributed by atoms with Crippen molar-refractivity contribution in [3.8, 4) is 0 Å². The molecule has 2 nitrogen and oxygen atoms in total. The van der Waals surface area contributed by atoms with Crippen molar-refractivity contribution in [3.63, 3.8) is 0 Å². The van der Waals surface area contributed by atoms with Crippen LogP contribution in [0, 0.1) is 0 Å². The number of hydrogen-bond acceptors (Lipinski definition) is 2. The lowest BCUT2D eigenvalue weighted by atomic mass is 9.99. The molecule has 2 heteroatoms. The molecule has 0 aromatic heterocycles. The van der Waals surface area contributed by atoms with Crippen molar-refractivity contribution in [1.82, 2.24) is 0 Å². The van der Waals surface area contributed by atoms with Gasteiger partial charge in [0, 0.05) is 12.1 Å². The van der Waals surface area contributed by atoms with Crippen LogP contribution in [0.15, 0.2) is 12.2 Å². The molecule has 0 saturated carbocycles. The third-order valence-electron chi connectivity index (χ3n) is 2.01. The third-order valence-corrected chi connectivity index (χ3v) is 2.01. The molecule has 0 saturated heterocycles. The van der Waals surface area contributed by atoms with E-state index < -0.39 is 0 Å². The van der Waals surface area contributed by atoms with Crippen molar-refractivity contribution >= 4 is 0 Å². The minimum Gasteiger partial charge on any atom is -0.326 e. The Kier molecular flexibility index (Phi) is 2.90. The van der Waals surface area contributed by atoms with Crippen molar-refractivity contribution in [3.05, 3.63) is 12.2 Å². The summed E-state index contributed by atoms with van der Waals surface area (Å²) >= 11 is 0. The second-order valence-electron chi connectivity index (χ2n) is 2.95. The van der Waals surface area contributed by atoms with Gasteiger partial charge in [-0.2, -0.15) is 0 Å². The van der Waals surface area contributed by atoms with Gasteiger partial charge in [0.15, 0.2) is 0 Å². The first-order valence-corrected chi connectivity index (χ1v) is 3.98. The van der Waals surface area contributed by atoms with E-state index in [1.165, 1.54) is 19.3 Å². The maximum absolute atomic E-state index is 5.77. The van der Waals surface area contributed by atoms with Crippen molar-refractivity contribution in [1.29, 1.82) is 0 Å². The van der Waals surface area contributed by atoms with Crippen molar-refractivity contribution in [2.75, 3.05) is 0 Å². The minimum absolute atomic E-state index is 0.0836. The van der Waals surface area contributed by atoms with Gasteiger partial charge in [-0.3, -0.25) is 0 Å². The van der Waals surface area contributed by atoms with Crippen LogP contribution >= 0.6 is 0 Å². The van der Waals surface area contributed by atoms with Crippen LogP contribution < -0.4 is 11.5 Å². The maximum Gasteiger partial charge on any atom is 0.0378 e. The van der Waals surface area contributed by atoms with E-state index in [9.17, 15) is 0 Å². The standard InChI is InChI=1S/C8H16N2/c9-7-5-3-1-2-4-6-8(7)10/h3,5,7-8H,1-2,4,6,9-10H2/b5-3-/t7?,8-/m0/s1. The van der Waals surface area contributed by atoms with Gasteiger partial charge in [-0.15, -0.1) is 0 Å². The summed E-state index contributed by atoms with van der Waals surface area (Å²) in [6, 6.07) is 0.261. The van der Waals surface area contributed by atoms with Gasteiger partial charge in [-0.25, -0.2) is 0 Å². The van der Waals surface area contributed by atoms with Gasteiger partial charge in [0.05, 0.1) is 0 Å². The van der Waals surface area contributed by atoms with E-state index in [1.54, 1.807) is 0 Å². The molecule has 0 heterocycles. The van der Waals surface area contributed by atoms with Gasteiger partial charge in [0.2, 0.25) is 0 Å². The molecular weight excluding hydrogens is 124 g/mol. The quantitative estimate of drug-likeness (QED) is 0.488. The molecule has 0 radical (unpaired) electrons. The zero-order valence-corrected chi connectivity index (χ0v) is 6.29. The zero-order valence-electron chi connectivity index (χ0n) is 6.29. The summed E-state index contributed by atoms with van der Waals surface area (Å²) in [7, 11) is 0. The van der Waals surface area contributed by atoms with Crippen LogP contribution in [-0.2, 0) is 0 Å². The summed E-state index contributed by atoms with van der Waals surface area (Å²) in [5, 5.41) is 0. The molecule has 0 aliphatic heterocycles. The lowest BCUT2D eigenvalue weighted by Crippen LogP contribution is -2.40. The molecule has 1 unspecified atom stereocenters. The van der Waals surface area contributed by atoms with Gasteiger partial charge in [-0.05, 0) is 19.3 Å². The molecular formula is C8H16N2. The Labute approximate surface area is 62.3 Å². The SMILES string of the molecule is NC1/C=C\CCCC[C@@H]1N. The Morgan fingerprint density at radius 3 is 2.80 bits per heavy atom. The number of allylic oxidation sites excluding steroid dienone is 1. The van der Waals surface area contributed by atoms with E-state index in [1.807, 2.05) is 6.08 Å². The first-order chi connectivity index (χ1) is 4.80. The normalized spacial score (nSPS) is 38.2. The number of nitrogens with two attached hydrogens (primary N) is 2. The second kappa shape index (κ2) is 3.74. The first-order valence-electron chi connectivity index (χ1n) is 3.98. The summed E-state index contributed by atoms with van der Waals surface area (Å²) in [6.45, 7) is 0. The molecule has 0 aromatic rings. The van der Waals surface area contributed by atoms with Crippen molar-refractivity contribution in [2.45, 2.75) is 37.8 Å². The average Bonchev–Trinajstić information content (AvgIpc) is 1.92. The van der Waals surface area contributed by atoms with Crippen LogP contribution in [-0.4, -0.2) is 12.1 Å². The van der Waals surface area contributed by atoms with Crippen molar-refractivity contribution < 1.29 is 0 Å². The van der Waals surface area contributed by atoms with E-state index in [-0.39, 0.29) is 12.1 Å². The monoisotopic (exact) mass is 140 g/mol. The molecule has 0 aromatic carbocycles. The average molecular weight is 140 g/mol. The van der Waals surface area contributed by atoms with Gasteiger partial charge in [0.1, 0.15) is 0 Å². The van der Waals surface area contributed by atoms with E-state index in [4.69, 9.17) is 11.5 Å². The summed E-state index contributed by atoms with van der Waals surface area (Å²) in [4.78, 5) is 0. The predicted molar refractivity (Wildman–Crippen MR) is 43.6 cm³/mol. The topological polar surface area (TPSA) is 52.0 Å². The summed E-state index contributed by atoms with van der Waals surface area (Å²) in [6.07, 6.45) is 8.90. The van der Waals surface area contributed by atoms with Gasteiger partial charge < -0.3 is 11.5 Å². The van der Waals surface area contributed by atoms with Crippen LogP contribution in [0.5, 0.6) is 0 Å². The van der Waals surface area contributed by atoms with Gasteiger partial charge >= 0.3 is 0 Å². The lowest BCUT2D eigenvalue weighted by molar-refractivity contribution is 0.513. The molecule has 0 fully saturated rings. The molecule has 58 valence electrons. The highest BCUT2D eigenvalue weighted by Gasteiger charge is 2.10. The number of rotatable bonds is 0. The molecule has 1 aliphatic carbocycles. The molecule has 1 rings (SSSR count). The van der Waals surface area contributed by atoms with Crippen LogP contribution in [0.4, 0.5) is 0 Å². The largest absolute Gasteiger partial charge is 0.326 e. The molecule has 0 spiro atoms. The smallest absolute Gasteiger partial charge is 0.0378 e. The zero-order chi connectivity index (χ0) is 7.40. The fraction of sp³-hybridized carbons (Fsp3) is 0.750. The molecule has 0 amide bonds. The lowest BCUT2D eigenvalue weighted by Gasteiger charge is -2.18. The number of hydrogen-bond donors (Lipinski definition) is 2. The Morgan fingerprint density at radius 1 is 1.20 bits per heavy atom. The summed E-state index contributed by atoms with van der Waals surface area (Å²) < 4.78 is 0. The van der Waals surface area contributed by atoms with Crippen molar-refractivity contribution in [2.24, 2.45) is 11.5 Å².